The van der Waals surface area contributed by atoms with Gasteiger partial charge in [-0.25, -0.2) is 4.79 Å². The van der Waals surface area contributed by atoms with E-state index in [2.05, 4.69) is 45.0 Å². The van der Waals surface area contributed by atoms with Crippen LogP contribution in [0.1, 0.15) is 38.0 Å². The van der Waals surface area contributed by atoms with Crippen LogP contribution in [-0.2, 0) is 25.3 Å². The average molecular weight is 579 g/mol. The van der Waals surface area contributed by atoms with Crippen molar-refractivity contribution >= 4 is 24.7 Å². The molecule has 4 atom stereocenters. The van der Waals surface area contributed by atoms with Crippen LogP contribution in [0.2, 0.25) is 5.04 Å². The Labute approximate surface area is 249 Å². The van der Waals surface area contributed by atoms with Crippen molar-refractivity contribution < 1.29 is 23.8 Å². The molecule has 0 spiro atoms. The summed E-state index contributed by atoms with van der Waals surface area (Å²) in [5.41, 5.74) is 1.84. The van der Waals surface area contributed by atoms with Crippen LogP contribution in [0.3, 0.4) is 0 Å². The monoisotopic (exact) mass is 578 g/mol. The van der Waals surface area contributed by atoms with Gasteiger partial charge < -0.3 is 19.0 Å². The molecular weight excluding hydrogens is 540 g/mol. The Kier molecular flexibility index (Phi) is 9.19. The van der Waals surface area contributed by atoms with E-state index in [1.807, 2.05) is 97.1 Å². The minimum Gasteiger partial charge on any atom is -0.453 e. The zero-order chi connectivity index (χ0) is 29.6. The first-order chi connectivity index (χ1) is 20.3. The van der Waals surface area contributed by atoms with Gasteiger partial charge in [-0.3, -0.25) is 0 Å². The van der Waals surface area contributed by atoms with E-state index in [0.29, 0.717) is 0 Å². The zero-order valence-electron chi connectivity index (χ0n) is 24.3. The Balaban J connectivity index is 1.70. The first kappa shape index (κ1) is 29.7. The van der Waals surface area contributed by atoms with Gasteiger partial charge in [0.05, 0.1) is 6.61 Å². The Morgan fingerprint density at radius 2 is 1.29 bits per heavy atom. The number of carbonyl (C=O) groups is 1. The molecule has 0 radical (unpaired) electrons. The van der Waals surface area contributed by atoms with Crippen LogP contribution in [0, 0.1) is 0 Å². The summed E-state index contributed by atoms with van der Waals surface area (Å²) in [5.74, 6) is -0.518. The van der Waals surface area contributed by atoms with Crippen molar-refractivity contribution in [2.24, 2.45) is 0 Å². The van der Waals surface area contributed by atoms with Gasteiger partial charge in [-0.1, -0.05) is 142 Å². The summed E-state index contributed by atoms with van der Waals surface area (Å²) in [7, 11) is -3.09. The molecular formula is C36H38O5Si. The number of carbonyl (C=O) groups excluding carboxylic acids is 1. The minimum atomic E-state index is -3.09. The van der Waals surface area contributed by atoms with E-state index in [9.17, 15) is 9.90 Å². The van der Waals surface area contributed by atoms with E-state index in [-0.39, 0.29) is 11.6 Å². The Morgan fingerprint density at radius 1 is 0.786 bits per heavy atom. The Hall–Kier alpha value is -3.81. The second-order valence-electron chi connectivity index (χ2n) is 11.6. The lowest BCUT2D eigenvalue weighted by Gasteiger charge is -2.47. The quantitative estimate of drug-likeness (QED) is 0.192. The van der Waals surface area contributed by atoms with Gasteiger partial charge in [-0.2, -0.15) is 0 Å². The van der Waals surface area contributed by atoms with Gasteiger partial charge in [0, 0.05) is 6.08 Å². The van der Waals surface area contributed by atoms with Crippen LogP contribution >= 0.6 is 0 Å². The molecule has 0 amide bonds. The first-order valence-electron chi connectivity index (χ1n) is 14.4. The third-order valence-corrected chi connectivity index (χ3v) is 12.8. The van der Waals surface area contributed by atoms with E-state index < -0.39 is 38.7 Å². The van der Waals surface area contributed by atoms with Crippen molar-refractivity contribution in [3.05, 3.63) is 145 Å². The molecule has 6 heteroatoms. The molecule has 0 saturated heterocycles. The van der Waals surface area contributed by atoms with Crippen LogP contribution in [0.15, 0.2) is 133 Å². The number of rotatable bonds is 10. The van der Waals surface area contributed by atoms with Crippen molar-refractivity contribution in [2.75, 3.05) is 0 Å². The van der Waals surface area contributed by atoms with Crippen molar-refractivity contribution in [1.82, 2.24) is 0 Å². The highest BCUT2D eigenvalue weighted by molar-refractivity contribution is 6.99. The largest absolute Gasteiger partial charge is 0.453 e. The lowest BCUT2D eigenvalue weighted by Crippen LogP contribution is -2.68. The SMILES string of the molecule is CC(C)(C)[Si](O[C@H](c1ccccc1)[C@@H](OCc1ccccc1)[C@@H]1OC(=O)C=C[C@@H]1O)(c1ccccc1)c1ccccc1. The van der Waals surface area contributed by atoms with E-state index in [4.69, 9.17) is 13.9 Å². The number of benzene rings is 4. The molecule has 1 aliphatic rings. The van der Waals surface area contributed by atoms with E-state index in [1.165, 1.54) is 12.2 Å². The molecule has 1 heterocycles. The van der Waals surface area contributed by atoms with Crippen LogP contribution in [0.5, 0.6) is 0 Å². The summed E-state index contributed by atoms with van der Waals surface area (Å²) < 4.78 is 20.1. The molecule has 1 N–H and O–H groups in total. The van der Waals surface area contributed by atoms with Gasteiger partial charge in [-0.05, 0) is 32.6 Å². The summed E-state index contributed by atoms with van der Waals surface area (Å²) in [4.78, 5) is 12.5. The van der Waals surface area contributed by atoms with Crippen molar-refractivity contribution in [2.45, 2.75) is 56.8 Å². The molecule has 4 aromatic rings. The number of hydrogen-bond donors (Lipinski definition) is 1. The predicted molar refractivity (Wildman–Crippen MR) is 168 cm³/mol. The summed E-state index contributed by atoms with van der Waals surface area (Å²) >= 11 is 0. The highest BCUT2D eigenvalue weighted by atomic mass is 28.4. The van der Waals surface area contributed by atoms with Crippen LogP contribution in [-0.4, -0.2) is 37.7 Å². The molecule has 0 bridgehead atoms. The number of esters is 1. The van der Waals surface area contributed by atoms with Crippen molar-refractivity contribution in [3.63, 3.8) is 0 Å². The van der Waals surface area contributed by atoms with Gasteiger partial charge in [-0.15, -0.1) is 0 Å². The Bertz CT molecular complexity index is 1410. The fraction of sp³-hybridized carbons (Fsp3) is 0.250. The lowest BCUT2D eigenvalue weighted by atomic mass is 9.95. The number of ether oxygens (including phenoxy) is 2. The fourth-order valence-corrected chi connectivity index (χ4v) is 10.4. The highest BCUT2D eigenvalue weighted by Crippen LogP contribution is 2.42. The second-order valence-corrected chi connectivity index (χ2v) is 15.9. The van der Waals surface area contributed by atoms with Gasteiger partial charge >= 0.3 is 5.97 Å². The number of aliphatic hydroxyl groups is 1. The molecule has 4 aromatic carbocycles. The second kappa shape index (κ2) is 13.0. The normalized spacial score (nSPS) is 18.7. The first-order valence-corrected chi connectivity index (χ1v) is 16.3. The molecule has 0 fully saturated rings. The molecule has 0 saturated carbocycles. The summed E-state index contributed by atoms with van der Waals surface area (Å²) in [6.07, 6.45) is -0.804. The van der Waals surface area contributed by atoms with Gasteiger partial charge in [0.1, 0.15) is 18.3 Å². The van der Waals surface area contributed by atoms with E-state index in [1.54, 1.807) is 0 Å². The maximum Gasteiger partial charge on any atom is 0.330 e. The third-order valence-electron chi connectivity index (χ3n) is 7.77. The van der Waals surface area contributed by atoms with Crippen molar-refractivity contribution in [1.29, 1.82) is 0 Å². The standard InChI is InChI=1S/C36H38O5Si/c1-36(2,3)42(29-20-12-6-13-21-29,30-22-14-7-15-23-30)41-33(28-18-10-5-11-19-28)35(34-31(37)24-25-32(38)40-34)39-26-27-16-8-4-9-17-27/h4-25,31,33-35,37H,26H2,1-3H3/t31-,33+,34+,35+/m0/s1. The smallest absolute Gasteiger partial charge is 0.330 e. The molecule has 5 nitrogen and oxygen atoms in total. The zero-order valence-corrected chi connectivity index (χ0v) is 25.3. The molecule has 1 aliphatic heterocycles. The molecule has 0 aromatic heterocycles. The third kappa shape index (κ3) is 6.32. The average Bonchev–Trinajstić information content (AvgIpc) is 3.01. The van der Waals surface area contributed by atoms with Crippen LogP contribution in [0.4, 0.5) is 0 Å². The molecule has 5 rings (SSSR count). The van der Waals surface area contributed by atoms with E-state index in [0.717, 1.165) is 21.5 Å². The number of cyclic esters (lactones) is 1. The maximum atomic E-state index is 12.5. The maximum absolute atomic E-state index is 12.5. The summed E-state index contributed by atoms with van der Waals surface area (Å²) in [6, 6.07) is 40.6. The van der Waals surface area contributed by atoms with Gasteiger partial charge in [0.25, 0.3) is 8.32 Å². The van der Waals surface area contributed by atoms with Crippen LogP contribution in [0.25, 0.3) is 0 Å². The lowest BCUT2D eigenvalue weighted by molar-refractivity contribution is -0.175. The number of hydrogen-bond acceptors (Lipinski definition) is 5. The molecule has 0 unspecified atom stereocenters. The molecule has 42 heavy (non-hydrogen) atoms. The van der Waals surface area contributed by atoms with Crippen LogP contribution < -0.4 is 10.4 Å². The highest BCUT2D eigenvalue weighted by Gasteiger charge is 2.54. The fourth-order valence-electron chi connectivity index (χ4n) is 5.76. The number of aliphatic hydroxyl groups excluding tert-OH is 1. The predicted octanol–water partition coefficient (Wildman–Crippen LogP) is 5.73. The summed E-state index contributed by atoms with van der Waals surface area (Å²) in [6.45, 7) is 6.92. The van der Waals surface area contributed by atoms with Gasteiger partial charge in [0.2, 0.25) is 0 Å². The molecule has 0 aliphatic carbocycles. The van der Waals surface area contributed by atoms with Crippen molar-refractivity contribution in [3.8, 4) is 0 Å². The van der Waals surface area contributed by atoms with Gasteiger partial charge in [0.15, 0.2) is 6.10 Å². The topological polar surface area (TPSA) is 65.0 Å². The Morgan fingerprint density at radius 3 is 1.81 bits per heavy atom. The minimum absolute atomic E-state index is 0.253. The summed E-state index contributed by atoms with van der Waals surface area (Å²) in [5, 5.41) is 13.1. The van der Waals surface area contributed by atoms with E-state index >= 15 is 0 Å². The molecule has 216 valence electrons.